The van der Waals surface area contributed by atoms with Gasteiger partial charge in [-0.05, 0) is 70.6 Å². The van der Waals surface area contributed by atoms with Crippen molar-refractivity contribution in [3.05, 3.63) is 36.5 Å². The summed E-state index contributed by atoms with van der Waals surface area (Å²) in [5, 5.41) is 39.8. The van der Waals surface area contributed by atoms with Gasteiger partial charge in [0.15, 0.2) is 18.5 Å². The number of rotatable bonds is 37. The first-order valence-electron chi connectivity index (χ1n) is 22.5. The fourth-order valence-corrected chi connectivity index (χ4v) is 6.61. The fraction of sp³-hybridized carbons (Fsp3) is 0.804. The van der Waals surface area contributed by atoms with E-state index in [1.165, 1.54) is 77.0 Å². The van der Waals surface area contributed by atoms with Gasteiger partial charge in [-0.3, -0.25) is 9.59 Å². The second kappa shape index (κ2) is 36.5. The van der Waals surface area contributed by atoms with Gasteiger partial charge >= 0.3 is 17.9 Å². The molecule has 0 radical (unpaired) electrons. The van der Waals surface area contributed by atoms with E-state index in [1.807, 2.05) is 0 Å². The lowest BCUT2D eigenvalue weighted by Gasteiger charge is -2.38. The summed E-state index contributed by atoms with van der Waals surface area (Å²) < 4.78 is 21.7. The van der Waals surface area contributed by atoms with Crippen LogP contribution in [0.25, 0.3) is 0 Å². The van der Waals surface area contributed by atoms with Gasteiger partial charge < -0.3 is 39.4 Å². The zero-order valence-electron chi connectivity index (χ0n) is 35.6. The van der Waals surface area contributed by atoms with Crippen LogP contribution in [-0.2, 0) is 33.3 Å². The van der Waals surface area contributed by atoms with Gasteiger partial charge in [0.2, 0.25) is 0 Å². The number of carbonyl (C=O) groups excluding carboxylic acids is 2. The number of aliphatic hydroxyl groups excluding tert-OH is 3. The van der Waals surface area contributed by atoms with Crippen molar-refractivity contribution in [2.24, 2.45) is 0 Å². The number of allylic oxidation sites excluding steroid dienone is 6. The Morgan fingerprint density at radius 3 is 1.47 bits per heavy atom. The number of carboxylic acid groups (broad SMARTS) is 1. The topological polar surface area (TPSA) is 169 Å². The Hall–Kier alpha value is -2.57. The van der Waals surface area contributed by atoms with Crippen LogP contribution >= 0.6 is 0 Å². The van der Waals surface area contributed by atoms with E-state index in [0.29, 0.717) is 12.8 Å². The molecule has 1 heterocycles. The minimum atomic E-state index is -1.86. The van der Waals surface area contributed by atoms with Crippen molar-refractivity contribution >= 4 is 17.9 Å². The van der Waals surface area contributed by atoms with E-state index in [0.717, 1.165) is 70.6 Å². The van der Waals surface area contributed by atoms with Gasteiger partial charge in [-0.1, -0.05) is 140 Å². The SMILES string of the molecule is CCCCC/C=C\C/C=C\CCCCCCCCCCCC(=O)OCC(COC1OC(C(=O)O)C(O)C(O)C1O)OC(=O)CCCCCCC/C=C\CCCCC. The predicted molar refractivity (Wildman–Crippen MR) is 225 cm³/mol. The van der Waals surface area contributed by atoms with Gasteiger partial charge in [-0.25, -0.2) is 4.79 Å². The van der Waals surface area contributed by atoms with E-state index >= 15 is 0 Å². The van der Waals surface area contributed by atoms with Crippen molar-refractivity contribution < 1.29 is 53.8 Å². The fourth-order valence-electron chi connectivity index (χ4n) is 6.61. The van der Waals surface area contributed by atoms with Gasteiger partial charge in [-0.15, -0.1) is 0 Å². The molecule has 0 aromatic rings. The monoisotopic (exact) mass is 809 g/mol. The molecule has 6 atom stereocenters. The highest BCUT2D eigenvalue weighted by Crippen LogP contribution is 2.23. The highest BCUT2D eigenvalue weighted by molar-refractivity contribution is 5.73. The van der Waals surface area contributed by atoms with Crippen molar-refractivity contribution in [3.8, 4) is 0 Å². The highest BCUT2D eigenvalue weighted by atomic mass is 16.7. The molecule has 330 valence electrons. The van der Waals surface area contributed by atoms with Crippen LogP contribution in [0.15, 0.2) is 36.5 Å². The van der Waals surface area contributed by atoms with Crippen molar-refractivity contribution in [1.82, 2.24) is 0 Å². The number of aliphatic hydroxyl groups is 3. The van der Waals surface area contributed by atoms with Crippen molar-refractivity contribution in [2.45, 2.75) is 224 Å². The third kappa shape index (κ3) is 28.5. The molecule has 1 aliphatic rings. The van der Waals surface area contributed by atoms with Gasteiger partial charge in [0.05, 0.1) is 6.61 Å². The largest absolute Gasteiger partial charge is 0.479 e. The van der Waals surface area contributed by atoms with Crippen LogP contribution in [0, 0.1) is 0 Å². The Kier molecular flexibility index (Phi) is 33.6. The Bertz CT molecular complexity index is 1090. The molecule has 0 aromatic carbocycles. The molecule has 4 N–H and O–H groups in total. The molecule has 0 aromatic heterocycles. The van der Waals surface area contributed by atoms with E-state index in [1.54, 1.807) is 0 Å². The molecule has 1 fully saturated rings. The van der Waals surface area contributed by atoms with E-state index in [9.17, 15) is 34.8 Å². The van der Waals surface area contributed by atoms with Crippen LogP contribution in [-0.4, -0.2) is 88.4 Å². The molecule has 1 saturated heterocycles. The van der Waals surface area contributed by atoms with Crippen LogP contribution in [0.1, 0.15) is 187 Å². The van der Waals surface area contributed by atoms with E-state index < -0.39 is 61.3 Å². The third-order valence-corrected chi connectivity index (χ3v) is 10.2. The van der Waals surface area contributed by atoms with E-state index in [2.05, 4.69) is 50.3 Å². The molecule has 11 nitrogen and oxygen atoms in total. The molecule has 57 heavy (non-hydrogen) atoms. The summed E-state index contributed by atoms with van der Waals surface area (Å²) in [4.78, 5) is 36.8. The zero-order valence-corrected chi connectivity index (χ0v) is 35.6. The maximum Gasteiger partial charge on any atom is 0.335 e. The molecule has 1 aliphatic heterocycles. The zero-order chi connectivity index (χ0) is 41.8. The van der Waals surface area contributed by atoms with Crippen molar-refractivity contribution in [1.29, 1.82) is 0 Å². The standard InChI is InChI=1S/C46H80O11/c1-3-5-7-9-11-13-15-17-18-19-20-21-22-23-25-26-28-30-32-34-39(47)54-36-38(37-55-46-43(51)41(49)42(50)44(57-46)45(52)53)56-40(48)35-33-31-29-27-24-16-14-12-10-8-6-4-2/h11-14,17-18,38,41-44,46,49-51H,3-10,15-16,19-37H2,1-2H3,(H,52,53)/b13-11-,14-12-,18-17-. The number of carbonyl (C=O) groups is 3. The van der Waals surface area contributed by atoms with Gasteiger partial charge in [0.1, 0.15) is 24.9 Å². The highest BCUT2D eigenvalue weighted by Gasteiger charge is 2.47. The molecule has 0 spiro atoms. The summed E-state index contributed by atoms with van der Waals surface area (Å²) >= 11 is 0. The molecule has 11 heteroatoms. The third-order valence-electron chi connectivity index (χ3n) is 10.2. The normalized spacial score (nSPS) is 20.5. The second-order valence-electron chi connectivity index (χ2n) is 15.5. The smallest absolute Gasteiger partial charge is 0.335 e. The molecule has 0 amide bonds. The van der Waals surface area contributed by atoms with Crippen molar-refractivity contribution in [3.63, 3.8) is 0 Å². The molecular weight excluding hydrogens is 728 g/mol. The van der Waals surface area contributed by atoms with E-state index in [-0.39, 0.29) is 19.4 Å². The van der Waals surface area contributed by atoms with Gasteiger partial charge in [0, 0.05) is 12.8 Å². The number of carboxylic acids is 1. The van der Waals surface area contributed by atoms with Crippen LogP contribution < -0.4 is 0 Å². The summed E-state index contributed by atoms with van der Waals surface area (Å²) in [5.74, 6) is -2.46. The first-order valence-corrected chi connectivity index (χ1v) is 22.5. The summed E-state index contributed by atoms with van der Waals surface area (Å²) in [5.41, 5.74) is 0. The first kappa shape index (κ1) is 52.4. The quantitative estimate of drug-likeness (QED) is 0.0268. The molecular formula is C46H80O11. The Morgan fingerprint density at radius 2 is 0.982 bits per heavy atom. The molecule has 6 unspecified atom stereocenters. The minimum Gasteiger partial charge on any atom is -0.479 e. The lowest BCUT2D eigenvalue weighted by Crippen LogP contribution is -2.60. The average molecular weight is 809 g/mol. The summed E-state index contributed by atoms with van der Waals surface area (Å²) in [6, 6.07) is 0. The molecule has 0 saturated carbocycles. The Labute approximate surface area is 344 Å². The molecule has 0 bridgehead atoms. The number of unbranched alkanes of at least 4 members (excludes halogenated alkanes) is 20. The lowest BCUT2D eigenvalue weighted by molar-refractivity contribution is -0.298. The molecule has 0 aliphatic carbocycles. The first-order chi connectivity index (χ1) is 27.7. The number of ether oxygens (including phenoxy) is 4. The maximum atomic E-state index is 12.7. The maximum absolute atomic E-state index is 12.7. The summed E-state index contributed by atoms with van der Waals surface area (Å²) in [7, 11) is 0. The number of aliphatic carboxylic acids is 1. The Morgan fingerprint density at radius 1 is 0.544 bits per heavy atom. The molecule has 1 rings (SSSR count). The minimum absolute atomic E-state index is 0.172. The van der Waals surface area contributed by atoms with E-state index in [4.69, 9.17) is 18.9 Å². The number of esters is 2. The van der Waals surface area contributed by atoms with Crippen LogP contribution in [0.2, 0.25) is 0 Å². The average Bonchev–Trinajstić information content (AvgIpc) is 3.19. The van der Waals surface area contributed by atoms with Crippen LogP contribution in [0.3, 0.4) is 0 Å². The van der Waals surface area contributed by atoms with Crippen LogP contribution in [0.5, 0.6) is 0 Å². The Balaban J connectivity index is 2.35. The predicted octanol–water partition coefficient (Wildman–Crippen LogP) is 9.59. The van der Waals surface area contributed by atoms with Gasteiger partial charge in [-0.2, -0.15) is 0 Å². The number of hydrogen-bond acceptors (Lipinski definition) is 10. The van der Waals surface area contributed by atoms with Crippen LogP contribution in [0.4, 0.5) is 0 Å². The lowest BCUT2D eigenvalue weighted by atomic mass is 9.99. The summed E-state index contributed by atoms with van der Waals surface area (Å²) in [6.45, 7) is 3.75. The number of hydrogen-bond donors (Lipinski definition) is 4. The second-order valence-corrected chi connectivity index (χ2v) is 15.5. The summed E-state index contributed by atoms with van der Waals surface area (Å²) in [6.07, 6.45) is 32.0. The van der Waals surface area contributed by atoms with Crippen molar-refractivity contribution in [2.75, 3.05) is 13.2 Å². The van der Waals surface area contributed by atoms with Gasteiger partial charge in [0.25, 0.3) is 0 Å².